The number of fused-ring (bicyclic) bond motifs is 3. The molecule has 3 aromatic carbocycles. The Morgan fingerprint density at radius 1 is 1.06 bits per heavy atom. The third kappa shape index (κ3) is 2.98. The highest BCUT2D eigenvalue weighted by Gasteiger charge is 2.23. The van der Waals surface area contributed by atoms with Crippen molar-refractivity contribution in [1.82, 2.24) is 0 Å². The molecule has 150 valence electrons. The first-order valence-corrected chi connectivity index (χ1v) is 9.82. The summed E-state index contributed by atoms with van der Waals surface area (Å²) in [5.41, 5.74) is 5.13. The van der Waals surface area contributed by atoms with Crippen molar-refractivity contribution in [3.63, 3.8) is 0 Å². The Morgan fingerprint density at radius 3 is 2.61 bits per heavy atom. The normalized spacial score (nSPS) is 13.0. The second-order valence-corrected chi connectivity index (χ2v) is 7.61. The van der Waals surface area contributed by atoms with E-state index in [9.17, 15) is 4.39 Å². The van der Waals surface area contributed by atoms with Crippen LogP contribution in [0, 0.1) is 26.2 Å². The van der Waals surface area contributed by atoms with E-state index in [4.69, 9.17) is 15.1 Å². The van der Waals surface area contributed by atoms with Crippen molar-refractivity contribution in [2.24, 2.45) is 7.05 Å². The van der Waals surface area contributed by atoms with Gasteiger partial charge in [-0.2, -0.15) is 0 Å². The van der Waals surface area contributed by atoms with Crippen molar-refractivity contribution in [2.75, 3.05) is 0 Å². The lowest BCUT2D eigenvalue weighted by Gasteiger charge is -2.07. The van der Waals surface area contributed by atoms with Gasteiger partial charge in [0.1, 0.15) is 24.0 Å². The molecule has 0 aliphatic heterocycles. The minimum Gasteiger partial charge on any atom is -0.456 e. The van der Waals surface area contributed by atoms with E-state index < -0.39 is 12.7 Å². The number of aryl methyl sites for hydroxylation is 3. The number of aromatic nitrogens is 1. The molecule has 0 spiro atoms. The molecule has 31 heavy (non-hydrogen) atoms. The quantitative estimate of drug-likeness (QED) is 0.226. The molecule has 0 N–H and O–H groups in total. The molecule has 0 fully saturated rings. The Bertz CT molecular complexity index is 1630. The predicted molar refractivity (Wildman–Crippen MR) is 121 cm³/mol. The molecule has 5 aromatic rings. The zero-order valence-corrected chi connectivity index (χ0v) is 17.0. The predicted octanol–water partition coefficient (Wildman–Crippen LogP) is 7.05. The lowest BCUT2D eigenvalue weighted by molar-refractivity contribution is -0.661. The van der Waals surface area contributed by atoms with Crippen molar-refractivity contribution in [1.29, 1.82) is 0 Å². The molecule has 2 aromatic heterocycles. The number of hydrogen-bond donors (Lipinski definition) is 0. The van der Waals surface area contributed by atoms with Gasteiger partial charge < -0.3 is 4.42 Å². The molecule has 3 nitrogen and oxygen atoms in total. The van der Waals surface area contributed by atoms with Gasteiger partial charge in [-0.1, -0.05) is 42.5 Å². The largest absolute Gasteiger partial charge is 0.456 e. The molecule has 0 amide bonds. The lowest BCUT2D eigenvalue weighted by atomic mass is 9.96. The van der Waals surface area contributed by atoms with E-state index in [2.05, 4.69) is 4.85 Å². The molecular weight excluding hydrogens is 387 g/mol. The molecule has 4 heteroatoms. The van der Waals surface area contributed by atoms with Gasteiger partial charge in [-0.15, -0.1) is 0 Å². The van der Waals surface area contributed by atoms with E-state index in [0.717, 1.165) is 27.5 Å². The van der Waals surface area contributed by atoms with Crippen molar-refractivity contribution in [2.45, 2.75) is 13.8 Å². The Hall–Kier alpha value is -3.97. The summed E-state index contributed by atoms with van der Waals surface area (Å²) in [5.74, 6) is -0.791. The Kier molecular flexibility index (Phi) is 3.61. The van der Waals surface area contributed by atoms with E-state index in [1.807, 2.05) is 55.5 Å². The van der Waals surface area contributed by atoms with Gasteiger partial charge in [0.05, 0.1) is 12.1 Å². The SMILES string of the molecule is [2H]C([2H])([2H])c1c[n+](C)c(-c2c(C)ccc3c2oc2cc([N+]#[C-])cc(-c4ccccc4)c23)cc1F. The van der Waals surface area contributed by atoms with E-state index in [0.29, 0.717) is 28.1 Å². The summed E-state index contributed by atoms with van der Waals surface area (Å²) in [6.45, 7) is 6.89. The van der Waals surface area contributed by atoms with E-state index in [1.54, 1.807) is 17.7 Å². The summed E-state index contributed by atoms with van der Waals surface area (Å²) in [6, 6.07) is 18.5. The third-order valence-electron chi connectivity index (χ3n) is 5.63. The summed E-state index contributed by atoms with van der Waals surface area (Å²) < 4.78 is 45.7. The molecule has 5 rings (SSSR count). The molecule has 0 saturated carbocycles. The average molecular weight is 410 g/mol. The fraction of sp³-hybridized carbons (Fsp3) is 0.111. The molecule has 2 heterocycles. The molecule has 0 radical (unpaired) electrons. The van der Waals surface area contributed by atoms with E-state index >= 15 is 0 Å². The van der Waals surface area contributed by atoms with Crippen molar-refractivity contribution >= 4 is 27.6 Å². The minimum atomic E-state index is -2.55. The number of benzene rings is 3. The first-order valence-electron chi connectivity index (χ1n) is 11.3. The van der Waals surface area contributed by atoms with Gasteiger partial charge in [-0.25, -0.2) is 13.8 Å². The van der Waals surface area contributed by atoms with Crippen LogP contribution in [-0.2, 0) is 7.05 Å². The fourth-order valence-corrected chi connectivity index (χ4v) is 4.15. The molecular formula is C27H20FN2O+. The Labute approximate surface area is 184 Å². The number of hydrogen-bond acceptors (Lipinski definition) is 1. The minimum absolute atomic E-state index is 0.332. The maximum absolute atomic E-state index is 14.9. The number of nitrogens with zero attached hydrogens (tertiary/aromatic N) is 2. The van der Waals surface area contributed by atoms with Crippen molar-refractivity contribution in [3.8, 4) is 22.4 Å². The molecule has 0 aliphatic rings. The first-order chi connectivity index (χ1) is 16.2. The topological polar surface area (TPSA) is 21.4 Å². The summed E-state index contributed by atoms with van der Waals surface area (Å²) in [6.07, 6.45) is 1.31. The van der Waals surface area contributed by atoms with E-state index in [1.165, 1.54) is 12.3 Å². The van der Waals surface area contributed by atoms with E-state index in [-0.39, 0.29) is 5.56 Å². The van der Waals surface area contributed by atoms with Crippen LogP contribution in [0.3, 0.4) is 0 Å². The Morgan fingerprint density at radius 2 is 1.87 bits per heavy atom. The summed E-state index contributed by atoms with van der Waals surface area (Å²) in [4.78, 5) is 3.62. The molecule has 0 saturated heterocycles. The number of furan rings is 1. The van der Waals surface area contributed by atoms with Crippen LogP contribution in [0.4, 0.5) is 10.1 Å². The van der Waals surface area contributed by atoms with Crippen LogP contribution in [0.1, 0.15) is 15.2 Å². The smallest absolute Gasteiger partial charge is 0.219 e. The maximum Gasteiger partial charge on any atom is 0.219 e. The Balaban J connectivity index is 1.87. The van der Waals surface area contributed by atoms with Crippen LogP contribution >= 0.6 is 0 Å². The van der Waals surface area contributed by atoms with Gasteiger partial charge in [0, 0.05) is 26.5 Å². The highest BCUT2D eigenvalue weighted by atomic mass is 19.1. The lowest BCUT2D eigenvalue weighted by Crippen LogP contribution is -2.31. The monoisotopic (exact) mass is 410 g/mol. The zero-order chi connectivity index (χ0) is 24.2. The van der Waals surface area contributed by atoms with Gasteiger partial charge in [-0.05, 0) is 42.6 Å². The molecule has 0 aliphatic carbocycles. The van der Waals surface area contributed by atoms with Gasteiger partial charge in [0.2, 0.25) is 5.69 Å². The van der Waals surface area contributed by atoms with Gasteiger partial charge in [0.15, 0.2) is 11.9 Å². The summed E-state index contributed by atoms with van der Waals surface area (Å²) >= 11 is 0. The molecule has 0 atom stereocenters. The highest BCUT2D eigenvalue weighted by molar-refractivity contribution is 6.16. The van der Waals surface area contributed by atoms with Crippen molar-refractivity contribution < 1.29 is 17.5 Å². The van der Waals surface area contributed by atoms with Gasteiger partial charge in [-0.3, -0.25) is 0 Å². The standard InChI is InChI=1S/C27H20FN2O/c1-16-10-11-20-26-21(18-8-6-5-7-9-18)12-19(29-3)13-24(26)31-27(20)25(16)23-14-22(28)17(2)15-30(23)4/h5-15H,1-2,4H3/q+1/i2D3. The first kappa shape index (κ1) is 15.8. The van der Waals surface area contributed by atoms with Crippen LogP contribution in [0.25, 0.3) is 49.2 Å². The second kappa shape index (κ2) is 7.07. The number of halogens is 1. The number of rotatable bonds is 2. The summed E-state index contributed by atoms with van der Waals surface area (Å²) in [7, 11) is 1.69. The highest BCUT2D eigenvalue weighted by Crippen LogP contribution is 2.43. The maximum atomic E-state index is 14.9. The van der Waals surface area contributed by atoms with Crippen LogP contribution in [0.2, 0.25) is 0 Å². The third-order valence-corrected chi connectivity index (χ3v) is 5.63. The molecule has 0 bridgehead atoms. The summed E-state index contributed by atoms with van der Waals surface area (Å²) in [5, 5.41) is 1.71. The van der Waals surface area contributed by atoms with Crippen LogP contribution in [0.5, 0.6) is 0 Å². The zero-order valence-electron chi connectivity index (χ0n) is 20.0. The van der Waals surface area contributed by atoms with Crippen LogP contribution < -0.4 is 4.57 Å². The van der Waals surface area contributed by atoms with Crippen molar-refractivity contribution in [3.05, 3.63) is 95.2 Å². The fourth-order valence-electron chi connectivity index (χ4n) is 4.15. The van der Waals surface area contributed by atoms with Gasteiger partial charge in [0.25, 0.3) is 0 Å². The van der Waals surface area contributed by atoms with Crippen LogP contribution in [-0.4, -0.2) is 0 Å². The second-order valence-electron chi connectivity index (χ2n) is 7.61. The average Bonchev–Trinajstić information content (AvgIpc) is 3.18. The number of pyridine rings is 1. The van der Waals surface area contributed by atoms with Gasteiger partial charge >= 0.3 is 0 Å². The van der Waals surface area contributed by atoms with Crippen LogP contribution in [0.15, 0.2) is 71.3 Å². The molecule has 0 unspecified atom stereocenters.